The molecule has 0 aliphatic rings. The molecule has 0 saturated carbocycles. The maximum Gasteiger partial charge on any atom is 0.0698 e. The fourth-order valence-corrected chi connectivity index (χ4v) is 2.84. The summed E-state index contributed by atoms with van der Waals surface area (Å²) in [6.45, 7) is 10.6. The second-order valence-electron chi connectivity index (χ2n) is 6.01. The van der Waals surface area contributed by atoms with Crippen molar-refractivity contribution >= 4 is 0 Å². The SMILES string of the molecule is CCN(Cc1cn[nH]c1-c1cc(C)ccc1C)C(C)CCO. The predicted molar refractivity (Wildman–Crippen MR) is 90.7 cm³/mol. The Balaban J connectivity index is 2.27. The van der Waals surface area contributed by atoms with Gasteiger partial charge in [-0.25, -0.2) is 0 Å². The number of aromatic nitrogens is 2. The lowest BCUT2D eigenvalue weighted by molar-refractivity contribution is 0.168. The van der Waals surface area contributed by atoms with Gasteiger partial charge in [-0.1, -0.05) is 24.6 Å². The molecule has 0 bridgehead atoms. The van der Waals surface area contributed by atoms with Crippen LogP contribution in [0.3, 0.4) is 0 Å². The molecule has 0 saturated heterocycles. The molecule has 1 atom stereocenters. The van der Waals surface area contributed by atoms with Gasteiger partial charge in [-0.05, 0) is 45.4 Å². The third kappa shape index (κ3) is 3.76. The van der Waals surface area contributed by atoms with Gasteiger partial charge in [0.25, 0.3) is 0 Å². The normalized spacial score (nSPS) is 12.8. The Morgan fingerprint density at radius 2 is 2.09 bits per heavy atom. The zero-order valence-electron chi connectivity index (χ0n) is 14.1. The lowest BCUT2D eigenvalue weighted by Crippen LogP contribution is -2.33. The van der Waals surface area contributed by atoms with Crippen molar-refractivity contribution in [2.45, 2.75) is 46.7 Å². The van der Waals surface area contributed by atoms with Crippen LogP contribution in [0.5, 0.6) is 0 Å². The molecule has 1 aromatic carbocycles. The number of hydrogen-bond acceptors (Lipinski definition) is 3. The largest absolute Gasteiger partial charge is 0.396 e. The van der Waals surface area contributed by atoms with E-state index < -0.39 is 0 Å². The molecule has 2 N–H and O–H groups in total. The van der Waals surface area contributed by atoms with Crippen LogP contribution < -0.4 is 0 Å². The second-order valence-corrected chi connectivity index (χ2v) is 6.01. The number of H-pyrrole nitrogens is 1. The highest BCUT2D eigenvalue weighted by Gasteiger charge is 2.16. The van der Waals surface area contributed by atoms with Gasteiger partial charge in [0.05, 0.1) is 11.9 Å². The number of hydrogen-bond donors (Lipinski definition) is 2. The van der Waals surface area contributed by atoms with Gasteiger partial charge in [-0.2, -0.15) is 5.10 Å². The van der Waals surface area contributed by atoms with Gasteiger partial charge in [0.1, 0.15) is 0 Å². The topological polar surface area (TPSA) is 52.2 Å². The van der Waals surface area contributed by atoms with Crippen LogP contribution in [0.1, 0.15) is 37.0 Å². The van der Waals surface area contributed by atoms with Gasteiger partial charge >= 0.3 is 0 Å². The van der Waals surface area contributed by atoms with Gasteiger partial charge in [0.15, 0.2) is 0 Å². The molecule has 0 fully saturated rings. The summed E-state index contributed by atoms with van der Waals surface area (Å²) >= 11 is 0. The van der Waals surface area contributed by atoms with Crippen molar-refractivity contribution in [3.05, 3.63) is 41.1 Å². The average Bonchev–Trinajstić information content (AvgIpc) is 2.95. The summed E-state index contributed by atoms with van der Waals surface area (Å²) in [7, 11) is 0. The summed E-state index contributed by atoms with van der Waals surface area (Å²) in [5, 5.41) is 16.6. The predicted octanol–water partition coefficient (Wildman–Crippen LogP) is 3.29. The molecule has 4 nitrogen and oxygen atoms in total. The van der Waals surface area contributed by atoms with Crippen LogP contribution in [0.4, 0.5) is 0 Å². The zero-order chi connectivity index (χ0) is 16.1. The number of nitrogens with one attached hydrogen (secondary N) is 1. The molecular weight excluding hydrogens is 274 g/mol. The first-order chi connectivity index (χ1) is 10.6. The molecule has 2 rings (SSSR count). The Hall–Kier alpha value is -1.65. The van der Waals surface area contributed by atoms with Crippen molar-refractivity contribution in [2.75, 3.05) is 13.2 Å². The van der Waals surface area contributed by atoms with Gasteiger partial charge in [-0.15, -0.1) is 0 Å². The van der Waals surface area contributed by atoms with E-state index >= 15 is 0 Å². The van der Waals surface area contributed by atoms with E-state index in [1.807, 2.05) is 6.20 Å². The smallest absolute Gasteiger partial charge is 0.0698 e. The maximum absolute atomic E-state index is 9.16. The molecule has 2 aromatic rings. The van der Waals surface area contributed by atoms with Gasteiger partial charge in [0.2, 0.25) is 0 Å². The summed E-state index contributed by atoms with van der Waals surface area (Å²) in [6.07, 6.45) is 2.72. The quantitative estimate of drug-likeness (QED) is 0.825. The van der Waals surface area contributed by atoms with Crippen LogP contribution in [0, 0.1) is 13.8 Å². The Morgan fingerprint density at radius 1 is 1.32 bits per heavy atom. The van der Waals surface area contributed by atoms with Crippen molar-refractivity contribution in [1.29, 1.82) is 0 Å². The highest BCUT2D eigenvalue weighted by molar-refractivity contribution is 5.67. The zero-order valence-corrected chi connectivity index (χ0v) is 14.1. The van der Waals surface area contributed by atoms with Crippen LogP contribution in [-0.4, -0.2) is 39.4 Å². The van der Waals surface area contributed by atoms with Gasteiger partial charge < -0.3 is 5.11 Å². The second kappa shape index (κ2) is 7.56. The molecule has 4 heteroatoms. The number of aliphatic hydroxyl groups is 1. The number of benzene rings is 1. The van der Waals surface area contributed by atoms with Gasteiger partial charge in [0, 0.05) is 30.3 Å². The lowest BCUT2D eigenvalue weighted by atomic mass is 10.00. The van der Waals surface area contributed by atoms with Crippen molar-refractivity contribution in [2.24, 2.45) is 0 Å². The van der Waals surface area contributed by atoms with E-state index in [2.05, 4.69) is 61.0 Å². The van der Waals surface area contributed by atoms with E-state index in [0.29, 0.717) is 6.04 Å². The Kier molecular flexibility index (Phi) is 5.75. The minimum Gasteiger partial charge on any atom is -0.396 e. The number of aryl methyl sites for hydroxylation is 2. The molecule has 1 unspecified atom stereocenters. The molecule has 1 heterocycles. The van der Waals surface area contributed by atoms with E-state index in [4.69, 9.17) is 5.11 Å². The number of rotatable bonds is 7. The average molecular weight is 301 g/mol. The van der Waals surface area contributed by atoms with E-state index in [1.165, 1.54) is 22.3 Å². The summed E-state index contributed by atoms with van der Waals surface area (Å²) in [4.78, 5) is 2.37. The first kappa shape index (κ1) is 16.7. The molecule has 0 radical (unpaired) electrons. The van der Waals surface area contributed by atoms with Crippen molar-refractivity contribution in [1.82, 2.24) is 15.1 Å². The fraction of sp³-hybridized carbons (Fsp3) is 0.500. The summed E-state index contributed by atoms with van der Waals surface area (Å²) in [6, 6.07) is 6.86. The summed E-state index contributed by atoms with van der Waals surface area (Å²) in [5.41, 5.74) is 6.04. The molecule has 0 aliphatic heterocycles. The maximum atomic E-state index is 9.16. The molecule has 0 aliphatic carbocycles. The highest BCUT2D eigenvalue weighted by Crippen LogP contribution is 2.27. The van der Waals surface area contributed by atoms with Crippen LogP contribution >= 0.6 is 0 Å². The molecular formula is C18H27N3O. The van der Waals surface area contributed by atoms with E-state index in [9.17, 15) is 0 Å². The third-order valence-electron chi connectivity index (χ3n) is 4.33. The molecule has 120 valence electrons. The van der Waals surface area contributed by atoms with Crippen LogP contribution in [0.15, 0.2) is 24.4 Å². The van der Waals surface area contributed by atoms with Crippen LogP contribution in [-0.2, 0) is 6.54 Å². The minimum absolute atomic E-state index is 0.229. The third-order valence-corrected chi connectivity index (χ3v) is 4.33. The standard InChI is InChI=1S/C18H27N3O/c1-5-21(15(4)8-9-22)12-16-11-19-20-18(16)17-10-13(2)6-7-14(17)3/h6-7,10-11,15,22H,5,8-9,12H2,1-4H3,(H,19,20). The molecule has 22 heavy (non-hydrogen) atoms. The molecule has 0 spiro atoms. The molecule has 1 aromatic heterocycles. The Morgan fingerprint density at radius 3 is 2.77 bits per heavy atom. The number of aliphatic hydroxyl groups excluding tert-OH is 1. The van der Waals surface area contributed by atoms with Crippen LogP contribution in [0.2, 0.25) is 0 Å². The van der Waals surface area contributed by atoms with E-state index in [1.54, 1.807) is 0 Å². The van der Waals surface area contributed by atoms with Crippen molar-refractivity contribution in [3.8, 4) is 11.3 Å². The molecule has 0 amide bonds. The van der Waals surface area contributed by atoms with E-state index in [0.717, 1.165) is 25.2 Å². The first-order valence-corrected chi connectivity index (χ1v) is 8.01. The van der Waals surface area contributed by atoms with Crippen molar-refractivity contribution < 1.29 is 5.11 Å². The highest BCUT2D eigenvalue weighted by atomic mass is 16.3. The Labute approximate surface area is 133 Å². The van der Waals surface area contributed by atoms with Crippen LogP contribution in [0.25, 0.3) is 11.3 Å². The van der Waals surface area contributed by atoms with Crippen molar-refractivity contribution in [3.63, 3.8) is 0 Å². The lowest BCUT2D eigenvalue weighted by Gasteiger charge is -2.27. The van der Waals surface area contributed by atoms with Gasteiger partial charge in [-0.3, -0.25) is 10.00 Å². The first-order valence-electron chi connectivity index (χ1n) is 8.01. The van der Waals surface area contributed by atoms with E-state index in [-0.39, 0.29) is 6.61 Å². The Bertz CT molecular complexity index is 606. The minimum atomic E-state index is 0.229. The monoisotopic (exact) mass is 301 g/mol. The number of aromatic amines is 1. The number of nitrogens with zero attached hydrogens (tertiary/aromatic N) is 2. The summed E-state index contributed by atoms with van der Waals surface area (Å²) in [5.74, 6) is 0. The fourth-order valence-electron chi connectivity index (χ4n) is 2.84. The summed E-state index contributed by atoms with van der Waals surface area (Å²) < 4.78 is 0.